The predicted octanol–water partition coefficient (Wildman–Crippen LogP) is 4.56. The van der Waals surface area contributed by atoms with E-state index in [1.54, 1.807) is 6.20 Å². The molecule has 1 aromatic heterocycles. The Hall–Kier alpha value is -1.86. The number of halogens is 1. The molecule has 1 nitrogen and oxygen atoms in total. The first-order valence-electron chi connectivity index (χ1n) is 5.45. The Bertz CT molecular complexity index is 671. The molecule has 0 aliphatic rings. The molecular weight excluding hydrogens is 230 g/mol. The van der Waals surface area contributed by atoms with Gasteiger partial charge in [0.1, 0.15) is 5.15 Å². The van der Waals surface area contributed by atoms with E-state index in [0.29, 0.717) is 5.15 Å². The van der Waals surface area contributed by atoms with Gasteiger partial charge in [-0.25, -0.2) is 4.98 Å². The largest absolute Gasteiger partial charge is 0.244 e. The van der Waals surface area contributed by atoms with E-state index >= 15 is 0 Å². The zero-order valence-electron chi connectivity index (χ0n) is 9.10. The van der Waals surface area contributed by atoms with Gasteiger partial charge >= 0.3 is 0 Å². The molecule has 0 atom stereocenters. The van der Waals surface area contributed by atoms with Gasteiger partial charge in [0, 0.05) is 11.8 Å². The lowest BCUT2D eigenvalue weighted by Gasteiger charge is -2.07. The van der Waals surface area contributed by atoms with Crippen molar-refractivity contribution in [1.29, 1.82) is 0 Å². The van der Waals surface area contributed by atoms with Crippen molar-refractivity contribution in [3.05, 3.63) is 65.9 Å². The first-order chi connectivity index (χ1) is 8.36. The molecular formula is C15H10ClN. The first kappa shape index (κ1) is 10.3. The third-order valence-electron chi connectivity index (χ3n) is 2.84. The minimum Gasteiger partial charge on any atom is -0.244 e. The molecule has 2 heteroatoms. The van der Waals surface area contributed by atoms with E-state index in [2.05, 4.69) is 29.2 Å². The van der Waals surface area contributed by atoms with Crippen molar-refractivity contribution in [2.24, 2.45) is 0 Å². The van der Waals surface area contributed by atoms with Crippen molar-refractivity contribution in [2.45, 2.75) is 0 Å². The van der Waals surface area contributed by atoms with Crippen molar-refractivity contribution in [3.8, 4) is 11.1 Å². The Labute approximate surface area is 105 Å². The highest BCUT2D eigenvalue weighted by molar-refractivity contribution is 6.32. The van der Waals surface area contributed by atoms with Crippen LogP contribution in [0.4, 0.5) is 0 Å². The van der Waals surface area contributed by atoms with Crippen LogP contribution >= 0.6 is 11.6 Å². The zero-order valence-corrected chi connectivity index (χ0v) is 9.85. The van der Waals surface area contributed by atoms with E-state index in [1.165, 1.54) is 10.8 Å². The van der Waals surface area contributed by atoms with Gasteiger partial charge in [-0.05, 0) is 28.5 Å². The number of aromatic nitrogens is 1. The molecule has 82 valence electrons. The Morgan fingerprint density at radius 3 is 2.41 bits per heavy atom. The number of rotatable bonds is 1. The zero-order chi connectivity index (χ0) is 11.7. The van der Waals surface area contributed by atoms with E-state index in [-0.39, 0.29) is 0 Å². The van der Waals surface area contributed by atoms with Gasteiger partial charge in [-0.15, -0.1) is 0 Å². The predicted molar refractivity (Wildman–Crippen MR) is 72.2 cm³/mol. The maximum atomic E-state index is 6.15. The second-order valence-corrected chi connectivity index (χ2v) is 4.23. The average Bonchev–Trinajstić information content (AvgIpc) is 2.39. The van der Waals surface area contributed by atoms with Gasteiger partial charge in [-0.3, -0.25) is 0 Å². The van der Waals surface area contributed by atoms with Crippen LogP contribution in [0, 0.1) is 0 Å². The molecule has 2 aromatic carbocycles. The molecule has 0 N–H and O–H groups in total. The summed E-state index contributed by atoms with van der Waals surface area (Å²) in [6.45, 7) is 0. The van der Waals surface area contributed by atoms with Crippen LogP contribution in [0.5, 0.6) is 0 Å². The second-order valence-electron chi connectivity index (χ2n) is 3.87. The average molecular weight is 240 g/mol. The number of benzene rings is 2. The van der Waals surface area contributed by atoms with E-state index in [9.17, 15) is 0 Å². The molecule has 0 unspecified atom stereocenters. The van der Waals surface area contributed by atoms with Gasteiger partial charge in [0.25, 0.3) is 0 Å². The van der Waals surface area contributed by atoms with Gasteiger partial charge in [0.2, 0.25) is 0 Å². The number of pyridine rings is 1. The molecule has 0 amide bonds. The summed E-state index contributed by atoms with van der Waals surface area (Å²) < 4.78 is 0. The van der Waals surface area contributed by atoms with E-state index in [1.807, 2.05) is 30.3 Å². The summed E-state index contributed by atoms with van der Waals surface area (Å²) in [6.07, 6.45) is 1.71. The van der Waals surface area contributed by atoms with Crippen molar-refractivity contribution >= 4 is 22.4 Å². The second kappa shape index (κ2) is 4.19. The third-order valence-corrected chi connectivity index (χ3v) is 3.14. The summed E-state index contributed by atoms with van der Waals surface area (Å²) >= 11 is 6.15. The van der Waals surface area contributed by atoms with Crippen LogP contribution in [0.1, 0.15) is 0 Å². The molecule has 3 aromatic rings. The van der Waals surface area contributed by atoms with Gasteiger partial charge in [0.15, 0.2) is 0 Å². The monoisotopic (exact) mass is 239 g/mol. The normalized spacial score (nSPS) is 10.6. The van der Waals surface area contributed by atoms with E-state index in [0.717, 1.165) is 11.1 Å². The van der Waals surface area contributed by atoms with Gasteiger partial charge in [0.05, 0.1) is 0 Å². The molecule has 0 spiro atoms. The molecule has 0 bridgehead atoms. The minimum atomic E-state index is 0.545. The van der Waals surface area contributed by atoms with Gasteiger partial charge in [-0.1, -0.05) is 54.1 Å². The number of hydrogen-bond donors (Lipinski definition) is 0. The Kier molecular flexibility index (Phi) is 2.54. The van der Waals surface area contributed by atoms with Gasteiger partial charge in [-0.2, -0.15) is 0 Å². The molecule has 17 heavy (non-hydrogen) atoms. The summed E-state index contributed by atoms with van der Waals surface area (Å²) in [5.74, 6) is 0. The summed E-state index contributed by atoms with van der Waals surface area (Å²) in [5, 5.41) is 2.96. The Morgan fingerprint density at radius 1 is 0.765 bits per heavy atom. The molecule has 0 saturated heterocycles. The van der Waals surface area contributed by atoms with Crippen LogP contribution < -0.4 is 0 Å². The topological polar surface area (TPSA) is 12.9 Å². The fourth-order valence-electron chi connectivity index (χ4n) is 2.05. The number of fused-ring (bicyclic) bond motifs is 1. The van der Waals surface area contributed by atoms with Crippen LogP contribution in [-0.2, 0) is 0 Å². The fraction of sp³-hybridized carbons (Fsp3) is 0. The van der Waals surface area contributed by atoms with Crippen LogP contribution in [0.3, 0.4) is 0 Å². The van der Waals surface area contributed by atoms with E-state index < -0.39 is 0 Å². The first-order valence-corrected chi connectivity index (χ1v) is 5.83. The molecule has 0 fully saturated rings. The van der Waals surface area contributed by atoms with E-state index in [4.69, 9.17) is 11.6 Å². The lowest BCUT2D eigenvalue weighted by molar-refractivity contribution is 1.33. The highest BCUT2D eigenvalue weighted by Crippen LogP contribution is 2.31. The molecule has 0 saturated carbocycles. The maximum absolute atomic E-state index is 6.15. The smallest absolute Gasteiger partial charge is 0.136 e. The Morgan fingerprint density at radius 2 is 1.53 bits per heavy atom. The van der Waals surface area contributed by atoms with Crippen LogP contribution in [-0.4, -0.2) is 4.98 Å². The fourth-order valence-corrected chi connectivity index (χ4v) is 2.27. The number of nitrogens with zero attached hydrogens (tertiary/aromatic N) is 1. The van der Waals surface area contributed by atoms with Crippen molar-refractivity contribution < 1.29 is 0 Å². The molecule has 0 radical (unpaired) electrons. The van der Waals surface area contributed by atoms with Crippen LogP contribution in [0.25, 0.3) is 21.9 Å². The summed E-state index contributed by atoms with van der Waals surface area (Å²) in [7, 11) is 0. The quantitative estimate of drug-likeness (QED) is 0.568. The highest BCUT2D eigenvalue weighted by Gasteiger charge is 2.06. The molecule has 3 rings (SSSR count). The van der Waals surface area contributed by atoms with Crippen molar-refractivity contribution in [1.82, 2.24) is 4.98 Å². The SMILES string of the molecule is Clc1ncccc1-c1cccc2ccccc12. The highest BCUT2D eigenvalue weighted by atomic mass is 35.5. The summed E-state index contributed by atoms with van der Waals surface area (Å²) in [4.78, 5) is 4.13. The standard InChI is InChI=1S/C15H10ClN/c16-15-14(9-4-10-17-15)13-8-3-6-11-5-1-2-7-12(11)13/h1-10H. The molecule has 0 aliphatic carbocycles. The van der Waals surface area contributed by atoms with Gasteiger partial charge < -0.3 is 0 Å². The van der Waals surface area contributed by atoms with Crippen LogP contribution in [0.15, 0.2) is 60.8 Å². The van der Waals surface area contributed by atoms with Crippen molar-refractivity contribution in [2.75, 3.05) is 0 Å². The molecule has 0 aliphatic heterocycles. The molecule has 1 heterocycles. The van der Waals surface area contributed by atoms with Crippen molar-refractivity contribution in [3.63, 3.8) is 0 Å². The maximum Gasteiger partial charge on any atom is 0.136 e. The third kappa shape index (κ3) is 1.79. The summed E-state index contributed by atoms with van der Waals surface area (Å²) in [5.41, 5.74) is 2.10. The minimum absolute atomic E-state index is 0.545. The lowest BCUT2D eigenvalue weighted by Crippen LogP contribution is -1.84. The summed E-state index contributed by atoms with van der Waals surface area (Å²) in [6, 6.07) is 18.4. The van der Waals surface area contributed by atoms with Crippen LogP contribution in [0.2, 0.25) is 5.15 Å². The Balaban J connectivity index is 2.35. The lowest BCUT2D eigenvalue weighted by atomic mass is 10.00. The number of hydrogen-bond acceptors (Lipinski definition) is 1.